The van der Waals surface area contributed by atoms with Crippen LogP contribution in [0.4, 0.5) is 24.5 Å². The zero-order valence-corrected chi connectivity index (χ0v) is 14.4. The highest BCUT2D eigenvalue weighted by Gasteiger charge is 2.30. The van der Waals surface area contributed by atoms with Gasteiger partial charge in [0.25, 0.3) is 0 Å². The average molecular weight is 380 g/mol. The van der Waals surface area contributed by atoms with Crippen molar-refractivity contribution in [1.29, 1.82) is 0 Å². The van der Waals surface area contributed by atoms with Crippen LogP contribution >= 0.6 is 11.8 Å². The van der Waals surface area contributed by atoms with Crippen molar-refractivity contribution < 1.29 is 22.8 Å². The van der Waals surface area contributed by atoms with Crippen LogP contribution in [-0.2, 0) is 21.5 Å². The van der Waals surface area contributed by atoms with Gasteiger partial charge in [-0.3, -0.25) is 9.59 Å². The van der Waals surface area contributed by atoms with Gasteiger partial charge in [0.15, 0.2) is 0 Å². The lowest BCUT2D eigenvalue weighted by atomic mass is 10.1. The second kappa shape index (κ2) is 7.41. The maximum absolute atomic E-state index is 12.7. The predicted molar refractivity (Wildman–Crippen MR) is 95.0 cm³/mol. The third-order valence-corrected chi connectivity index (χ3v) is 4.81. The van der Waals surface area contributed by atoms with Crippen molar-refractivity contribution in [3.8, 4) is 0 Å². The number of para-hydroxylation sites is 2. The van der Waals surface area contributed by atoms with Gasteiger partial charge in [-0.1, -0.05) is 30.3 Å². The molecule has 1 N–H and O–H groups in total. The molecule has 136 valence electrons. The Bertz CT molecular complexity index is 839. The van der Waals surface area contributed by atoms with Crippen LogP contribution in [0.5, 0.6) is 0 Å². The standard InChI is InChI=1S/C18H15F3N2O2S/c19-18(20,21)13-5-3-4-12(8-13)10-26-11-17(25)23-9-16(24)22-14-6-1-2-7-15(14)23/h1-8H,9-11H2,(H,22,24). The second-order valence-corrected chi connectivity index (χ2v) is 6.72. The van der Waals surface area contributed by atoms with E-state index in [9.17, 15) is 22.8 Å². The minimum atomic E-state index is -4.39. The number of hydrogen-bond acceptors (Lipinski definition) is 3. The van der Waals surface area contributed by atoms with Crippen LogP contribution in [0.2, 0.25) is 0 Å². The molecule has 0 saturated carbocycles. The Kier molecular flexibility index (Phi) is 5.22. The first-order valence-corrected chi connectivity index (χ1v) is 8.93. The minimum Gasteiger partial charge on any atom is -0.323 e. The topological polar surface area (TPSA) is 49.4 Å². The average Bonchev–Trinajstić information content (AvgIpc) is 2.60. The Balaban J connectivity index is 1.63. The maximum Gasteiger partial charge on any atom is 0.416 e. The van der Waals surface area contributed by atoms with Gasteiger partial charge in [0.1, 0.15) is 6.54 Å². The Morgan fingerprint density at radius 2 is 1.92 bits per heavy atom. The Labute approximate surface area is 152 Å². The fourth-order valence-corrected chi connectivity index (χ4v) is 3.48. The number of hydrogen-bond donors (Lipinski definition) is 1. The number of fused-ring (bicyclic) bond motifs is 1. The minimum absolute atomic E-state index is 0.0673. The fourth-order valence-electron chi connectivity index (χ4n) is 2.63. The Morgan fingerprint density at radius 1 is 1.15 bits per heavy atom. The van der Waals surface area contributed by atoms with Crippen LogP contribution in [0.15, 0.2) is 48.5 Å². The molecule has 2 aromatic rings. The summed E-state index contributed by atoms with van der Waals surface area (Å²) in [6.45, 7) is -0.0695. The molecule has 0 aromatic heterocycles. The van der Waals surface area contributed by atoms with Crippen LogP contribution in [0, 0.1) is 0 Å². The lowest BCUT2D eigenvalue weighted by Gasteiger charge is -2.29. The first-order valence-electron chi connectivity index (χ1n) is 7.78. The van der Waals surface area contributed by atoms with Gasteiger partial charge in [-0.25, -0.2) is 0 Å². The highest BCUT2D eigenvalue weighted by atomic mass is 32.2. The number of alkyl halides is 3. The molecular formula is C18H15F3N2O2S. The summed E-state index contributed by atoms with van der Waals surface area (Å²) in [4.78, 5) is 25.6. The van der Waals surface area contributed by atoms with E-state index in [0.29, 0.717) is 16.9 Å². The smallest absolute Gasteiger partial charge is 0.323 e. The van der Waals surface area contributed by atoms with Crippen LogP contribution in [0.1, 0.15) is 11.1 Å². The molecular weight excluding hydrogens is 365 g/mol. The molecule has 0 fully saturated rings. The van der Waals surface area contributed by atoms with Crippen LogP contribution < -0.4 is 10.2 Å². The molecule has 0 spiro atoms. The quantitative estimate of drug-likeness (QED) is 0.875. The molecule has 2 amide bonds. The Morgan fingerprint density at radius 3 is 2.69 bits per heavy atom. The van der Waals surface area contributed by atoms with Gasteiger partial charge in [0, 0.05) is 5.75 Å². The van der Waals surface area contributed by atoms with E-state index < -0.39 is 11.7 Å². The number of carbonyl (C=O) groups excluding carboxylic acids is 2. The monoisotopic (exact) mass is 380 g/mol. The number of thioether (sulfide) groups is 1. The van der Waals surface area contributed by atoms with Gasteiger partial charge in [0.05, 0.1) is 22.7 Å². The third kappa shape index (κ3) is 4.19. The second-order valence-electron chi connectivity index (χ2n) is 5.74. The molecule has 0 unspecified atom stereocenters. The highest BCUT2D eigenvalue weighted by molar-refractivity contribution is 7.99. The van der Waals surface area contributed by atoms with E-state index in [0.717, 1.165) is 12.1 Å². The maximum atomic E-state index is 12.7. The molecule has 2 aromatic carbocycles. The lowest BCUT2D eigenvalue weighted by molar-refractivity contribution is -0.137. The molecule has 0 radical (unpaired) electrons. The molecule has 3 rings (SSSR count). The molecule has 8 heteroatoms. The predicted octanol–water partition coefficient (Wildman–Crippen LogP) is 3.92. The molecule has 1 aliphatic heterocycles. The van der Waals surface area contributed by atoms with Crippen molar-refractivity contribution in [2.24, 2.45) is 0 Å². The van der Waals surface area contributed by atoms with Gasteiger partial charge in [0.2, 0.25) is 11.8 Å². The summed E-state index contributed by atoms with van der Waals surface area (Å²) < 4.78 is 38.2. The summed E-state index contributed by atoms with van der Waals surface area (Å²) in [5.41, 5.74) is 0.981. The first kappa shape index (κ1) is 18.3. The molecule has 0 atom stereocenters. The fraction of sp³-hybridized carbons (Fsp3) is 0.222. The summed E-state index contributed by atoms with van der Waals surface area (Å²) >= 11 is 1.21. The summed E-state index contributed by atoms with van der Waals surface area (Å²) in [5, 5.41) is 2.70. The summed E-state index contributed by atoms with van der Waals surface area (Å²) in [6.07, 6.45) is -4.39. The number of anilines is 2. The molecule has 1 aliphatic rings. The van der Waals surface area contributed by atoms with Crippen LogP contribution in [0.25, 0.3) is 0 Å². The number of benzene rings is 2. The lowest BCUT2D eigenvalue weighted by Crippen LogP contribution is -2.43. The van der Waals surface area contributed by atoms with Gasteiger partial charge in [-0.2, -0.15) is 13.2 Å². The van der Waals surface area contributed by atoms with Crippen molar-refractivity contribution in [3.63, 3.8) is 0 Å². The SMILES string of the molecule is O=C1CN(C(=O)CSCc2cccc(C(F)(F)F)c2)c2ccccc2N1. The molecule has 0 aliphatic carbocycles. The number of rotatable bonds is 4. The Hall–Kier alpha value is -2.48. The zero-order valence-electron chi connectivity index (χ0n) is 13.5. The van der Waals surface area contributed by atoms with Crippen molar-refractivity contribution in [2.45, 2.75) is 11.9 Å². The van der Waals surface area contributed by atoms with Crippen molar-refractivity contribution in [3.05, 3.63) is 59.7 Å². The normalized spacial score (nSPS) is 14.0. The van der Waals surface area contributed by atoms with E-state index in [4.69, 9.17) is 0 Å². The van der Waals surface area contributed by atoms with E-state index in [-0.39, 0.29) is 29.9 Å². The number of nitrogens with zero attached hydrogens (tertiary/aromatic N) is 1. The van der Waals surface area contributed by atoms with Crippen molar-refractivity contribution in [1.82, 2.24) is 0 Å². The van der Waals surface area contributed by atoms with E-state index in [1.54, 1.807) is 30.3 Å². The van der Waals surface area contributed by atoms with E-state index >= 15 is 0 Å². The highest BCUT2D eigenvalue weighted by Crippen LogP contribution is 2.31. The molecule has 26 heavy (non-hydrogen) atoms. The van der Waals surface area contributed by atoms with Gasteiger partial charge >= 0.3 is 6.18 Å². The van der Waals surface area contributed by atoms with Gasteiger partial charge < -0.3 is 10.2 Å². The van der Waals surface area contributed by atoms with Crippen LogP contribution in [-0.4, -0.2) is 24.1 Å². The summed E-state index contributed by atoms with van der Waals surface area (Å²) in [5.74, 6) is -0.195. The van der Waals surface area contributed by atoms with Gasteiger partial charge in [-0.05, 0) is 23.8 Å². The van der Waals surface area contributed by atoms with Crippen molar-refractivity contribution in [2.75, 3.05) is 22.5 Å². The number of carbonyl (C=O) groups is 2. The third-order valence-electron chi connectivity index (χ3n) is 3.82. The van der Waals surface area contributed by atoms with E-state index in [1.807, 2.05) is 0 Å². The molecule has 0 bridgehead atoms. The van der Waals surface area contributed by atoms with Gasteiger partial charge in [-0.15, -0.1) is 11.8 Å². The number of halogens is 3. The van der Waals surface area contributed by atoms with Crippen LogP contribution in [0.3, 0.4) is 0 Å². The van der Waals surface area contributed by atoms with Crippen molar-refractivity contribution >= 4 is 35.0 Å². The number of nitrogens with one attached hydrogen (secondary N) is 1. The largest absolute Gasteiger partial charge is 0.416 e. The molecule has 4 nitrogen and oxygen atoms in total. The number of amides is 2. The van der Waals surface area contributed by atoms with E-state index in [1.165, 1.54) is 22.7 Å². The molecule has 0 saturated heterocycles. The van der Waals surface area contributed by atoms with E-state index in [2.05, 4.69) is 5.32 Å². The summed E-state index contributed by atoms with van der Waals surface area (Å²) in [6, 6.07) is 12.0. The zero-order chi connectivity index (χ0) is 18.7. The summed E-state index contributed by atoms with van der Waals surface area (Å²) in [7, 11) is 0. The first-order chi connectivity index (χ1) is 12.3. The molecule has 1 heterocycles.